The summed E-state index contributed by atoms with van der Waals surface area (Å²) >= 11 is 13.3. The number of carbonyl (C=O) groups excluding carboxylic acids is 3. The smallest absolute Gasteiger partial charge is 0.272 e. The number of benzene rings is 4. The van der Waals surface area contributed by atoms with Gasteiger partial charge in [0.25, 0.3) is 11.8 Å². The summed E-state index contributed by atoms with van der Waals surface area (Å²) in [5, 5.41) is 9.17. The van der Waals surface area contributed by atoms with Crippen LogP contribution in [0.5, 0.6) is 0 Å². The quantitative estimate of drug-likeness (QED) is 0.146. The summed E-state index contributed by atoms with van der Waals surface area (Å²) in [6, 6.07) is 29.8. The fourth-order valence-corrected chi connectivity index (χ4v) is 4.69. The number of rotatable bonds is 9. The number of amides is 3. The lowest BCUT2D eigenvalue weighted by atomic mass is 10.1. The van der Waals surface area contributed by atoms with Crippen LogP contribution in [0.1, 0.15) is 15.9 Å². The van der Waals surface area contributed by atoms with Crippen molar-refractivity contribution in [2.45, 2.75) is 4.90 Å². The van der Waals surface area contributed by atoms with Gasteiger partial charge in [-0.15, -0.1) is 11.8 Å². The van der Waals surface area contributed by atoms with Crippen LogP contribution in [-0.2, 0) is 9.59 Å². The number of carbonyl (C=O) groups is 3. The summed E-state index contributed by atoms with van der Waals surface area (Å²) in [5.74, 6) is -0.896. The van der Waals surface area contributed by atoms with Crippen molar-refractivity contribution in [2.24, 2.45) is 0 Å². The monoisotopic (exact) mass is 575 g/mol. The first-order chi connectivity index (χ1) is 18.9. The standard InChI is InChI=1S/C30H23Cl2N3O3S/c31-22-16-23(32)18-25(17-22)33-28(36)19-39-26-13-11-24(12-14-26)34-30(38)27(15-20-7-3-1-4-8-20)35-29(37)21-9-5-2-6-10-21/h1-18H,19H2,(H,33,36)(H,34,38)(H,35,37)/b27-15-. The molecule has 4 aromatic carbocycles. The first-order valence-corrected chi connectivity index (χ1v) is 13.5. The summed E-state index contributed by atoms with van der Waals surface area (Å²) in [4.78, 5) is 39.0. The average Bonchev–Trinajstić information content (AvgIpc) is 2.92. The highest BCUT2D eigenvalue weighted by Crippen LogP contribution is 2.24. The van der Waals surface area contributed by atoms with Crippen molar-refractivity contribution >= 4 is 70.1 Å². The maximum Gasteiger partial charge on any atom is 0.272 e. The molecule has 0 saturated heterocycles. The topological polar surface area (TPSA) is 87.3 Å². The van der Waals surface area contributed by atoms with Crippen LogP contribution in [0, 0.1) is 0 Å². The predicted octanol–water partition coefficient (Wildman–Crippen LogP) is 7.13. The van der Waals surface area contributed by atoms with Gasteiger partial charge in [0.2, 0.25) is 5.91 Å². The molecule has 0 spiro atoms. The minimum atomic E-state index is -0.469. The molecule has 3 amide bonds. The van der Waals surface area contributed by atoms with Crippen LogP contribution in [0.15, 0.2) is 114 Å². The third-order valence-corrected chi connectivity index (χ3v) is 6.72. The van der Waals surface area contributed by atoms with E-state index in [2.05, 4.69) is 16.0 Å². The Hall–Kier alpha value is -4.04. The molecular formula is C30H23Cl2N3O3S. The number of thioether (sulfide) groups is 1. The molecule has 9 heteroatoms. The first kappa shape index (κ1) is 28.0. The Morgan fingerprint density at radius 1 is 0.718 bits per heavy atom. The van der Waals surface area contributed by atoms with E-state index in [1.54, 1.807) is 72.8 Å². The van der Waals surface area contributed by atoms with Gasteiger partial charge in [0.15, 0.2) is 0 Å². The molecule has 3 N–H and O–H groups in total. The van der Waals surface area contributed by atoms with E-state index in [1.807, 2.05) is 36.4 Å². The zero-order chi connectivity index (χ0) is 27.6. The van der Waals surface area contributed by atoms with Gasteiger partial charge < -0.3 is 16.0 Å². The van der Waals surface area contributed by atoms with E-state index in [4.69, 9.17) is 23.2 Å². The molecule has 4 aromatic rings. The zero-order valence-corrected chi connectivity index (χ0v) is 22.8. The minimum absolute atomic E-state index is 0.103. The second-order valence-electron chi connectivity index (χ2n) is 8.26. The molecule has 4 rings (SSSR count). The van der Waals surface area contributed by atoms with E-state index in [-0.39, 0.29) is 17.4 Å². The highest BCUT2D eigenvalue weighted by molar-refractivity contribution is 8.00. The summed E-state index contributed by atoms with van der Waals surface area (Å²) in [7, 11) is 0. The number of hydrogen-bond donors (Lipinski definition) is 3. The molecule has 0 aliphatic heterocycles. The maximum atomic E-state index is 13.1. The second kappa shape index (κ2) is 13.7. The number of anilines is 2. The zero-order valence-electron chi connectivity index (χ0n) is 20.5. The van der Waals surface area contributed by atoms with Crippen LogP contribution in [0.2, 0.25) is 10.0 Å². The molecule has 0 aliphatic rings. The van der Waals surface area contributed by atoms with E-state index in [0.29, 0.717) is 27.0 Å². The highest BCUT2D eigenvalue weighted by atomic mass is 35.5. The molecule has 196 valence electrons. The SMILES string of the molecule is O=C(CSc1ccc(NC(=O)/C(=C/c2ccccc2)NC(=O)c2ccccc2)cc1)Nc1cc(Cl)cc(Cl)c1. The Morgan fingerprint density at radius 2 is 1.33 bits per heavy atom. The lowest BCUT2D eigenvalue weighted by Gasteiger charge is -2.12. The van der Waals surface area contributed by atoms with Gasteiger partial charge in [-0.1, -0.05) is 71.7 Å². The van der Waals surface area contributed by atoms with E-state index < -0.39 is 11.8 Å². The molecule has 0 aliphatic carbocycles. The molecule has 0 radical (unpaired) electrons. The van der Waals surface area contributed by atoms with Gasteiger partial charge in [0.05, 0.1) is 5.75 Å². The van der Waals surface area contributed by atoms with Gasteiger partial charge in [0.1, 0.15) is 5.70 Å². The second-order valence-corrected chi connectivity index (χ2v) is 10.2. The third kappa shape index (κ3) is 8.75. The van der Waals surface area contributed by atoms with Crippen molar-refractivity contribution in [3.05, 3.63) is 130 Å². The first-order valence-electron chi connectivity index (χ1n) is 11.8. The Kier molecular flexibility index (Phi) is 9.80. The van der Waals surface area contributed by atoms with Crippen molar-refractivity contribution in [1.82, 2.24) is 5.32 Å². The van der Waals surface area contributed by atoms with Crippen LogP contribution in [0.4, 0.5) is 11.4 Å². The van der Waals surface area contributed by atoms with E-state index in [0.717, 1.165) is 10.5 Å². The Labute approximate surface area is 240 Å². The molecule has 39 heavy (non-hydrogen) atoms. The van der Waals surface area contributed by atoms with Gasteiger partial charge in [-0.05, 0) is 66.2 Å². The number of nitrogens with one attached hydrogen (secondary N) is 3. The van der Waals surface area contributed by atoms with Crippen molar-refractivity contribution in [3.8, 4) is 0 Å². The van der Waals surface area contributed by atoms with Crippen molar-refractivity contribution < 1.29 is 14.4 Å². The molecule has 0 saturated carbocycles. The molecule has 0 atom stereocenters. The number of halogens is 2. The van der Waals surface area contributed by atoms with Crippen molar-refractivity contribution in [3.63, 3.8) is 0 Å². The maximum absolute atomic E-state index is 13.1. The molecule has 6 nitrogen and oxygen atoms in total. The van der Waals surface area contributed by atoms with Crippen LogP contribution >= 0.6 is 35.0 Å². The fourth-order valence-electron chi connectivity index (χ4n) is 3.46. The molecule has 0 fully saturated rings. The van der Waals surface area contributed by atoms with Crippen LogP contribution in [0.25, 0.3) is 6.08 Å². The van der Waals surface area contributed by atoms with Gasteiger partial charge in [-0.3, -0.25) is 14.4 Å². The fraction of sp³-hybridized carbons (Fsp3) is 0.0333. The Morgan fingerprint density at radius 3 is 1.97 bits per heavy atom. The largest absolute Gasteiger partial charge is 0.325 e. The minimum Gasteiger partial charge on any atom is -0.325 e. The van der Waals surface area contributed by atoms with Gasteiger partial charge >= 0.3 is 0 Å². The summed E-state index contributed by atoms with van der Waals surface area (Å²) in [5.41, 5.74) is 2.37. The van der Waals surface area contributed by atoms with Crippen LogP contribution in [0.3, 0.4) is 0 Å². The lowest BCUT2D eigenvalue weighted by molar-refractivity contribution is -0.114. The molecule has 0 unspecified atom stereocenters. The molecular weight excluding hydrogens is 553 g/mol. The van der Waals surface area contributed by atoms with Gasteiger partial charge in [0, 0.05) is 31.9 Å². The molecule has 0 aromatic heterocycles. The molecule has 0 heterocycles. The summed E-state index contributed by atoms with van der Waals surface area (Å²) in [6.07, 6.45) is 1.62. The summed E-state index contributed by atoms with van der Waals surface area (Å²) < 4.78 is 0. The Balaban J connectivity index is 1.38. The Bertz CT molecular complexity index is 1480. The van der Waals surface area contributed by atoms with Gasteiger partial charge in [-0.25, -0.2) is 0 Å². The van der Waals surface area contributed by atoms with E-state index in [1.165, 1.54) is 11.8 Å². The van der Waals surface area contributed by atoms with Crippen molar-refractivity contribution in [1.29, 1.82) is 0 Å². The van der Waals surface area contributed by atoms with E-state index in [9.17, 15) is 14.4 Å². The van der Waals surface area contributed by atoms with Crippen molar-refractivity contribution in [2.75, 3.05) is 16.4 Å². The predicted molar refractivity (Wildman–Crippen MR) is 159 cm³/mol. The highest BCUT2D eigenvalue weighted by Gasteiger charge is 2.15. The lowest BCUT2D eigenvalue weighted by Crippen LogP contribution is -2.30. The summed E-state index contributed by atoms with van der Waals surface area (Å²) in [6.45, 7) is 0. The third-order valence-electron chi connectivity index (χ3n) is 5.27. The molecule has 0 bridgehead atoms. The van der Waals surface area contributed by atoms with Gasteiger partial charge in [-0.2, -0.15) is 0 Å². The van der Waals surface area contributed by atoms with Crippen LogP contribution in [-0.4, -0.2) is 23.5 Å². The van der Waals surface area contributed by atoms with Crippen LogP contribution < -0.4 is 16.0 Å². The average molecular weight is 577 g/mol. The van der Waals surface area contributed by atoms with E-state index >= 15 is 0 Å². The number of hydrogen-bond acceptors (Lipinski definition) is 4. The normalized spacial score (nSPS) is 11.0.